The molecule has 0 fully saturated rings. The third-order valence-electron chi connectivity index (χ3n) is 4.78. The van der Waals surface area contributed by atoms with Crippen LogP contribution in [0.15, 0.2) is 67.3 Å². The lowest BCUT2D eigenvalue weighted by Crippen LogP contribution is -2.23. The number of imidazole rings is 1. The van der Waals surface area contributed by atoms with Crippen LogP contribution < -0.4 is 10.1 Å². The first-order chi connectivity index (χ1) is 16.0. The van der Waals surface area contributed by atoms with E-state index < -0.39 is 17.3 Å². The summed E-state index contributed by atoms with van der Waals surface area (Å²) in [4.78, 5) is 13.0. The fourth-order valence-electron chi connectivity index (χ4n) is 3.42. The molecule has 4 rings (SSSR count). The van der Waals surface area contributed by atoms with E-state index in [0.717, 1.165) is 11.6 Å². The van der Waals surface area contributed by atoms with Crippen molar-refractivity contribution in [1.82, 2.24) is 19.5 Å². The van der Waals surface area contributed by atoms with E-state index in [1.807, 2.05) is 34.0 Å². The molecular formula is C25H24F3N5O. The molecule has 0 spiro atoms. The molecule has 0 aliphatic carbocycles. The number of nitrogens with one attached hydrogen (secondary N) is 1. The molecule has 9 heteroatoms. The molecule has 6 nitrogen and oxygen atoms in total. The van der Waals surface area contributed by atoms with Crippen molar-refractivity contribution >= 4 is 11.6 Å². The van der Waals surface area contributed by atoms with Crippen molar-refractivity contribution in [2.45, 2.75) is 32.5 Å². The highest BCUT2D eigenvalue weighted by Gasteiger charge is 2.34. The SMILES string of the molecule is Cn1cnc(Nc2cc(-c3cc(OC(C)(C)C)nc(-c4ccccc4C(F)(F)F)c3)ccn2)c1. The zero-order valence-electron chi connectivity index (χ0n) is 19.2. The van der Waals surface area contributed by atoms with Crippen LogP contribution in [0.25, 0.3) is 22.4 Å². The maximum absolute atomic E-state index is 13.7. The van der Waals surface area contributed by atoms with Crippen molar-refractivity contribution in [2.24, 2.45) is 7.05 Å². The number of rotatable bonds is 5. The zero-order chi connectivity index (χ0) is 24.5. The summed E-state index contributed by atoms with van der Waals surface area (Å²) >= 11 is 0. The van der Waals surface area contributed by atoms with Gasteiger partial charge in [-0.1, -0.05) is 18.2 Å². The zero-order valence-corrected chi connectivity index (χ0v) is 19.2. The van der Waals surface area contributed by atoms with E-state index in [0.29, 0.717) is 17.2 Å². The molecule has 0 atom stereocenters. The number of anilines is 2. The Balaban J connectivity index is 1.81. The van der Waals surface area contributed by atoms with Gasteiger partial charge in [0.2, 0.25) is 5.88 Å². The standard InChI is InChI=1S/C25H24F3N5O/c1-24(2,3)34-23-13-17(11-20(31-23)18-7-5-6-8-19(18)25(26,27)28)16-9-10-29-21(12-16)32-22-14-33(4)15-30-22/h5-15H,1-4H3,(H,29,32). The third-order valence-corrected chi connectivity index (χ3v) is 4.78. The smallest absolute Gasteiger partial charge is 0.417 e. The largest absolute Gasteiger partial charge is 0.472 e. The summed E-state index contributed by atoms with van der Waals surface area (Å²) < 4.78 is 48.9. The molecule has 3 aromatic heterocycles. The molecule has 0 aliphatic heterocycles. The van der Waals surface area contributed by atoms with Crippen LogP contribution in [-0.2, 0) is 13.2 Å². The van der Waals surface area contributed by atoms with Crippen molar-refractivity contribution in [1.29, 1.82) is 0 Å². The van der Waals surface area contributed by atoms with E-state index in [-0.39, 0.29) is 17.1 Å². The van der Waals surface area contributed by atoms with Crippen LogP contribution in [0.2, 0.25) is 0 Å². The molecule has 34 heavy (non-hydrogen) atoms. The lowest BCUT2D eigenvalue weighted by Gasteiger charge is -2.22. The van der Waals surface area contributed by atoms with Gasteiger partial charge in [-0.15, -0.1) is 0 Å². The van der Waals surface area contributed by atoms with Gasteiger partial charge < -0.3 is 14.6 Å². The van der Waals surface area contributed by atoms with E-state index in [4.69, 9.17) is 4.74 Å². The Morgan fingerprint density at radius 3 is 2.35 bits per heavy atom. The highest BCUT2D eigenvalue weighted by molar-refractivity contribution is 5.75. The highest BCUT2D eigenvalue weighted by atomic mass is 19.4. The Labute approximate surface area is 195 Å². The van der Waals surface area contributed by atoms with Crippen LogP contribution in [0, 0.1) is 0 Å². The number of aryl methyl sites for hydroxylation is 1. The Morgan fingerprint density at radius 2 is 1.68 bits per heavy atom. The molecule has 0 amide bonds. The molecule has 0 unspecified atom stereocenters. The van der Waals surface area contributed by atoms with Gasteiger partial charge >= 0.3 is 6.18 Å². The van der Waals surface area contributed by atoms with Gasteiger partial charge in [-0.05, 0) is 56.2 Å². The average Bonchev–Trinajstić information content (AvgIpc) is 3.16. The second-order valence-electron chi connectivity index (χ2n) is 8.82. The van der Waals surface area contributed by atoms with Crippen LogP contribution in [0.4, 0.5) is 24.8 Å². The summed E-state index contributed by atoms with van der Waals surface area (Å²) in [7, 11) is 1.86. The van der Waals surface area contributed by atoms with Crippen molar-refractivity contribution in [2.75, 3.05) is 5.32 Å². The van der Waals surface area contributed by atoms with Gasteiger partial charge in [0.25, 0.3) is 0 Å². The summed E-state index contributed by atoms with van der Waals surface area (Å²) in [5.41, 5.74) is 0.190. The second kappa shape index (κ2) is 8.81. The van der Waals surface area contributed by atoms with E-state index in [1.165, 1.54) is 12.1 Å². The minimum Gasteiger partial charge on any atom is -0.472 e. The normalized spacial score (nSPS) is 12.0. The van der Waals surface area contributed by atoms with Crippen LogP contribution in [-0.4, -0.2) is 25.1 Å². The molecule has 0 bridgehead atoms. The Morgan fingerprint density at radius 1 is 0.912 bits per heavy atom. The molecule has 1 aromatic carbocycles. The molecule has 0 saturated heterocycles. The van der Waals surface area contributed by atoms with Crippen molar-refractivity contribution < 1.29 is 17.9 Å². The first kappa shape index (κ1) is 23.3. The van der Waals surface area contributed by atoms with Crippen LogP contribution >= 0.6 is 0 Å². The number of nitrogens with zero attached hydrogens (tertiary/aromatic N) is 4. The Kier molecular flexibility index (Phi) is 6.03. The molecule has 1 N–H and O–H groups in total. The Bertz CT molecular complexity index is 1310. The number of halogens is 3. The van der Waals surface area contributed by atoms with E-state index >= 15 is 0 Å². The van der Waals surface area contributed by atoms with Gasteiger partial charge in [0.05, 0.1) is 17.6 Å². The van der Waals surface area contributed by atoms with E-state index in [9.17, 15) is 13.2 Å². The fourth-order valence-corrected chi connectivity index (χ4v) is 3.42. The quantitative estimate of drug-likeness (QED) is 0.364. The van der Waals surface area contributed by atoms with Gasteiger partial charge in [0.1, 0.15) is 17.2 Å². The van der Waals surface area contributed by atoms with Gasteiger partial charge in [0.15, 0.2) is 0 Å². The molecule has 4 aromatic rings. The average molecular weight is 467 g/mol. The van der Waals surface area contributed by atoms with Crippen LogP contribution in [0.5, 0.6) is 5.88 Å². The molecule has 3 heterocycles. The number of pyridine rings is 2. The van der Waals surface area contributed by atoms with E-state index in [1.54, 1.807) is 47.4 Å². The van der Waals surface area contributed by atoms with Gasteiger partial charge in [-0.25, -0.2) is 15.0 Å². The van der Waals surface area contributed by atoms with Crippen LogP contribution in [0.3, 0.4) is 0 Å². The molecular weight excluding hydrogens is 443 g/mol. The summed E-state index contributed by atoms with van der Waals surface area (Å²) in [5.74, 6) is 1.40. The minimum absolute atomic E-state index is 0.0171. The predicted octanol–water partition coefficient (Wildman–Crippen LogP) is 6.48. The van der Waals surface area contributed by atoms with Gasteiger partial charge in [-0.3, -0.25) is 0 Å². The second-order valence-corrected chi connectivity index (χ2v) is 8.82. The molecule has 0 radical (unpaired) electrons. The minimum atomic E-state index is -4.52. The Hall–Kier alpha value is -3.88. The molecule has 0 saturated carbocycles. The first-order valence-electron chi connectivity index (χ1n) is 10.6. The summed E-state index contributed by atoms with van der Waals surface area (Å²) in [5, 5.41) is 3.12. The summed E-state index contributed by atoms with van der Waals surface area (Å²) in [6, 6.07) is 12.3. The number of ether oxygens (including phenoxy) is 1. The maximum Gasteiger partial charge on any atom is 0.417 e. The van der Waals surface area contributed by atoms with Crippen molar-refractivity contribution in [3.8, 4) is 28.3 Å². The third kappa shape index (κ3) is 5.54. The molecule has 0 aliphatic rings. The van der Waals surface area contributed by atoms with Crippen LogP contribution in [0.1, 0.15) is 26.3 Å². The number of hydrogen-bond donors (Lipinski definition) is 1. The summed E-state index contributed by atoms with van der Waals surface area (Å²) in [6.45, 7) is 5.56. The predicted molar refractivity (Wildman–Crippen MR) is 125 cm³/mol. The monoisotopic (exact) mass is 467 g/mol. The van der Waals surface area contributed by atoms with Gasteiger partial charge in [-0.2, -0.15) is 13.2 Å². The highest BCUT2D eigenvalue weighted by Crippen LogP contribution is 2.38. The fraction of sp³-hybridized carbons (Fsp3) is 0.240. The number of alkyl halides is 3. The van der Waals surface area contributed by atoms with Gasteiger partial charge in [0, 0.05) is 31.1 Å². The lowest BCUT2D eigenvalue weighted by molar-refractivity contribution is -0.137. The lowest BCUT2D eigenvalue weighted by atomic mass is 10.00. The summed E-state index contributed by atoms with van der Waals surface area (Å²) in [6.07, 6.45) is 0.572. The topological polar surface area (TPSA) is 64.9 Å². The van der Waals surface area contributed by atoms with E-state index in [2.05, 4.69) is 20.3 Å². The number of aromatic nitrogens is 4. The van der Waals surface area contributed by atoms with Crippen molar-refractivity contribution in [3.63, 3.8) is 0 Å². The maximum atomic E-state index is 13.7. The molecule has 176 valence electrons. The first-order valence-corrected chi connectivity index (χ1v) is 10.6. The number of benzene rings is 1. The number of hydrogen-bond acceptors (Lipinski definition) is 5. The van der Waals surface area contributed by atoms with Crippen molar-refractivity contribution in [3.05, 3.63) is 72.8 Å².